The maximum atomic E-state index is 9.78. The molecule has 0 heterocycles. The van der Waals surface area contributed by atoms with Crippen LogP contribution in [0.2, 0.25) is 0 Å². The van der Waals surface area contributed by atoms with Gasteiger partial charge in [0.2, 0.25) is 5.79 Å². The van der Waals surface area contributed by atoms with Crippen molar-refractivity contribution in [2.24, 2.45) is 0 Å². The van der Waals surface area contributed by atoms with Gasteiger partial charge in [-0.05, 0) is 6.92 Å². The highest BCUT2D eigenvalue weighted by atomic mass is 79.9. The molecule has 0 radical (unpaired) electrons. The summed E-state index contributed by atoms with van der Waals surface area (Å²) in [4.78, 5) is 0. The van der Waals surface area contributed by atoms with Crippen LogP contribution in [-0.2, 0) is 5.79 Å². The quantitative estimate of drug-likeness (QED) is 0.650. The standard InChI is InChI=1S/C9H10Br2O2/c1-8(10,11)9(12,13)7-5-3-2-4-6-7/h2-6,12-13H,1H3. The van der Waals surface area contributed by atoms with E-state index in [9.17, 15) is 10.2 Å². The molecule has 0 atom stereocenters. The zero-order chi connectivity index (χ0) is 10.1. The lowest BCUT2D eigenvalue weighted by molar-refractivity contribution is -0.170. The first kappa shape index (κ1) is 11.2. The van der Waals surface area contributed by atoms with Gasteiger partial charge < -0.3 is 10.2 Å². The highest BCUT2D eigenvalue weighted by molar-refractivity contribution is 9.25. The number of rotatable bonds is 2. The van der Waals surface area contributed by atoms with Crippen molar-refractivity contribution in [3.63, 3.8) is 0 Å². The third-order valence-corrected chi connectivity index (χ3v) is 2.89. The minimum absolute atomic E-state index is 0.436. The Labute approximate surface area is 93.8 Å². The molecule has 0 aliphatic rings. The van der Waals surface area contributed by atoms with Crippen molar-refractivity contribution >= 4 is 31.9 Å². The normalized spacial score (nSPS) is 13.0. The first-order chi connectivity index (χ1) is 5.86. The van der Waals surface area contributed by atoms with E-state index >= 15 is 0 Å². The van der Waals surface area contributed by atoms with Crippen molar-refractivity contribution in [2.45, 2.75) is 15.9 Å². The maximum Gasteiger partial charge on any atom is 0.215 e. The van der Waals surface area contributed by atoms with Crippen molar-refractivity contribution in [3.8, 4) is 0 Å². The number of alkyl halides is 2. The van der Waals surface area contributed by atoms with E-state index in [2.05, 4.69) is 31.9 Å². The minimum atomic E-state index is -1.94. The molecule has 4 heteroatoms. The molecule has 0 saturated carbocycles. The number of aliphatic hydroxyl groups is 2. The summed E-state index contributed by atoms with van der Waals surface area (Å²) in [7, 11) is 0. The number of hydrogen-bond acceptors (Lipinski definition) is 2. The molecule has 2 nitrogen and oxygen atoms in total. The summed E-state index contributed by atoms with van der Waals surface area (Å²) in [5.74, 6) is -1.94. The molecule has 2 N–H and O–H groups in total. The van der Waals surface area contributed by atoms with Crippen LogP contribution in [-0.4, -0.2) is 13.4 Å². The molecule has 1 aromatic rings. The van der Waals surface area contributed by atoms with Gasteiger partial charge in [0.1, 0.15) is 3.23 Å². The first-order valence-corrected chi connectivity index (χ1v) is 5.32. The van der Waals surface area contributed by atoms with Crippen molar-refractivity contribution < 1.29 is 10.2 Å². The lowest BCUT2D eigenvalue weighted by Gasteiger charge is -2.31. The predicted octanol–water partition coefficient (Wildman–Crippen LogP) is 2.33. The highest BCUT2D eigenvalue weighted by Crippen LogP contribution is 2.41. The van der Waals surface area contributed by atoms with E-state index in [1.165, 1.54) is 0 Å². The molecule has 0 saturated heterocycles. The summed E-state index contributed by atoms with van der Waals surface area (Å²) in [6.45, 7) is 1.62. The van der Waals surface area contributed by atoms with E-state index in [-0.39, 0.29) is 0 Å². The predicted molar refractivity (Wildman–Crippen MR) is 58.8 cm³/mol. The topological polar surface area (TPSA) is 40.5 Å². The number of benzene rings is 1. The van der Waals surface area contributed by atoms with Crippen LogP contribution < -0.4 is 0 Å². The molecule has 0 unspecified atom stereocenters. The Balaban J connectivity index is 3.08. The molecule has 1 aromatic carbocycles. The SMILES string of the molecule is CC(Br)(Br)C(O)(O)c1ccccc1. The van der Waals surface area contributed by atoms with Crippen molar-refractivity contribution in [2.75, 3.05) is 0 Å². The Kier molecular flexibility index (Phi) is 3.17. The molecular weight excluding hydrogens is 300 g/mol. The highest BCUT2D eigenvalue weighted by Gasteiger charge is 2.43. The Hall–Kier alpha value is 0.1000. The van der Waals surface area contributed by atoms with Crippen molar-refractivity contribution in [3.05, 3.63) is 35.9 Å². The second-order valence-corrected chi connectivity index (χ2v) is 7.16. The molecule has 0 aromatic heterocycles. The molecule has 0 spiro atoms. The lowest BCUT2D eigenvalue weighted by Crippen LogP contribution is -2.40. The molecule has 0 aliphatic carbocycles. The Morgan fingerprint density at radius 3 is 1.92 bits per heavy atom. The average molecular weight is 310 g/mol. The Morgan fingerprint density at radius 1 is 1.08 bits per heavy atom. The van der Waals surface area contributed by atoms with Gasteiger partial charge in [-0.1, -0.05) is 62.2 Å². The van der Waals surface area contributed by atoms with Gasteiger partial charge in [0.05, 0.1) is 0 Å². The summed E-state index contributed by atoms with van der Waals surface area (Å²) in [5.41, 5.74) is 0.436. The summed E-state index contributed by atoms with van der Waals surface area (Å²) in [6, 6.07) is 8.63. The van der Waals surface area contributed by atoms with E-state index in [0.29, 0.717) is 5.56 Å². The van der Waals surface area contributed by atoms with E-state index in [1.54, 1.807) is 31.2 Å². The fourth-order valence-electron chi connectivity index (χ4n) is 0.924. The molecule has 0 aliphatic heterocycles. The molecular formula is C9H10Br2O2. The van der Waals surface area contributed by atoms with Crippen molar-refractivity contribution in [1.82, 2.24) is 0 Å². The van der Waals surface area contributed by atoms with Gasteiger partial charge in [-0.15, -0.1) is 0 Å². The molecule has 0 amide bonds. The summed E-state index contributed by atoms with van der Waals surface area (Å²) >= 11 is 6.31. The average Bonchev–Trinajstić information content (AvgIpc) is 2.04. The Bertz CT molecular complexity index is 277. The van der Waals surface area contributed by atoms with E-state index < -0.39 is 9.02 Å². The molecule has 0 fully saturated rings. The van der Waals surface area contributed by atoms with Crippen LogP contribution in [0, 0.1) is 0 Å². The summed E-state index contributed by atoms with van der Waals surface area (Å²) in [6.07, 6.45) is 0. The second kappa shape index (κ2) is 3.69. The van der Waals surface area contributed by atoms with Crippen LogP contribution >= 0.6 is 31.9 Å². The fourth-order valence-corrected chi connectivity index (χ4v) is 1.38. The summed E-state index contributed by atoms with van der Waals surface area (Å²) in [5, 5.41) is 19.6. The van der Waals surface area contributed by atoms with Crippen molar-refractivity contribution in [1.29, 1.82) is 0 Å². The van der Waals surface area contributed by atoms with Crippen LogP contribution in [0.25, 0.3) is 0 Å². The van der Waals surface area contributed by atoms with Gasteiger partial charge in [0, 0.05) is 5.56 Å². The van der Waals surface area contributed by atoms with Gasteiger partial charge in [-0.2, -0.15) is 0 Å². The van der Waals surface area contributed by atoms with E-state index in [4.69, 9.17) is 0 Å². The van der Waals surface area contributed by atoms with Gasteiger partial charge in [0.15, 0.2) is 0 Å². The zero-order valence-electron chi connectivity index (χ0n) is 7.04. The van der Waals surface area contributed by atoms with Gasteiger partial charge in [-0.3, -0.25) is 0 Å². The number of halogens is 2. The van der Waals surface area contributed by atoms with Crippen LogP contribution in [0.15, 0.2) is 30.3 Å². The number of hydrogen-bond donors (Lipinski definition) is 2. The van der Waals surface area contributed by atoms with Gasteiger partial charge >= 0.3 is 0 Å². The van der Waals surface area contributed by atoms with Crippen LogP contribution in [0.1, 0.15) is 12.5 Å². The minimum Gasteiger partial charge on any atom is -0.360 e. The lowest BCUT2D eigenvalue weighted by atomic mass is 10.0. The largest absolute Gasteiger partial charge is 0.360 e. The zero-order valence-corrected chi connectivity index (χ0v) is 10.2. The molecule has 1 rings (SSSR count). The van der Waals surface area contributed by atoms with E-state index in [1.807, 2.05) is 6.07 Å². The van der Waals surface area contributed by atoms with E-state index in [0.717, 1.165) is 0 Å². The first-order valence-electron chi connectivity index (χ1n) is 3.74. The van der Waals surface area contributed by atoms with Crippen LogP contribution in [0.5, 0.6) is 0 Å². The summed E-state index contributed by atoms with van der Waals surface area (Å²) < 4.78 is -0.964. The Morgan fingerprint density at radius 2 is 1.54 bits per heavy atom. The molecule has 13 heavy (non-hydrogen) atoms. The van der Waals surface area contributed by atoms with Crippen LogP contribution in [0.4, 0.5) is 0 Å². The fraction of sp³-hybridized carbons (Fsp3) is 0.333. The molecule has 72 valence electrons. The van der Waals surface area contributed by atoms with Gasteiger partial charge in [-0.25, -0.2) is 0 Å². The second-order valence-electron chi connectivity index (χ2n) is 2.93. The third-order valence-electron chi connectivity index (χ3n) is 1.79. The smallest absolute Gasteiger partial charge is 0.215 e. The third kappa shape index (κ3) is 2.31. The van der Waals surface area contributed by atoms with Crippen LogP contribution in [0.3, 0.4) is 0 Å². The molecule has 0 bridgehead atoms. The monoisotopic (exact) mass is 308 g/mol. The maximum absolute atomic E-state index is 9.78. The van der Waals surface area contributed by atoms with Gasteiger partial charge in [0.25, 0.3) is 0 Å².